The maximum Gasteiger partial charge on any atom is 0.274 e. The second-order valence-electron chi connectivity index (χ2n) is 8.46. The molecule has 1 aliphatic heterocycles. The predicted octanol–water partition coefficient (Wildman–Crippen LogP) is 2.70. The second-order valence-corrected chi connectivity index (χ2v) is 8.46. The van der Waals surface area contributed by atoms with Crippen molar-refractivity contribution in [1.29, 1.82) is 0 Å². The molecule has 0 aliphatic carbocycles. The van der Waals surface area contributed by atoms with Crippen molar-refractivity contribution in [2.24, 2.45) is 5.92 Å². The SMILES string of the molecule is CC(C)CCN(CCC(=O)N1CCN(Cc2ccccc2)CC1)C(=O)c1cnccn1. The smallest absolute Gasteiger partial charge is 0.274 e. The van der Waals surface area contributed by atoms with Gasteiger partial charge in [0.05, 0.1) is 6.20 Å². The maximum absolute atomic E-state index is 12.9. The third kappa shape index (κ3) is 7.14. The Hall–Kier alpha value is -2.80. The highest BCUT2D eigenvalue weighted by molar-refractivity contribution is 5.92. The lowest BCUT2D eigenvalue weighted by Gasteiger charge is -2.35. The van der Waals surface area contributed by atoms with Gasteiger partial charge in [-0.3, -0.25) is 19.5 Å². The van der Waals surface area contributed by atoms with Gasteiger partial charge in [0.25, 0.3) is 5.91 Å². The predicted molar refractivity (Wildman–Crippen MR) is 120 cm³/mol. The lowest BCUT2D eigenvalue weighted by atomic mass is 10.1. The van der Waals surface area contributed by atoms with Crippen molar-refractivity contribution in [3.05, 3.63) is 60.2 Å². The molecule has 3 rings (SSSR count). The molecule has 1 aromatic heterocycles. The average Bonchev–Trinajstić information content (AvgIpc) is 2.80. The molecule has 2 amide bonds. The first-order valence-electron chi connectivity index (χ1n) is 11.1. The van der Waals surface area contributed by atoms with Crippen LogP contribution in [0, 0.1) is 5.92 Å². The van der Waals surface area contributed by atoms with Gasteiger partial charge in [0.1, 0.15) is 5.69 Å². The minimum absolute atomic E-state index is 0.112. The number of nitrogens with zero attached hydrogens (tertiary/aromatic N) is 5. The number of rotatable bonds is 9. The van der Waals surface area contributed by atoms with Crippen LogP contribution in [0.4, 0.5) is 0 Å². The summed E-state index contributed by atoms with van der Waals surface area (Å²) in [7, 11) is 0. The van der Waals surface area contributed by atoms with Gasteiger partial charge in [0.15, 0.2) is 0 Å². The number of carbonyl (C=O) groups excluding carboxylic acids is 2. The van der Waals surface area contributed by atoms with E-state index in [0.29, 0.717) is 31.1 Å². The molecule has 1 aromatic carbocycles. The molecule has 7 nitrogen and oxygen atoms in total. The zero-order valence-electron chi connectivity index (χ0n) is 18.6. The molecule has 31 heavy (non-hydrogen) atoms. The maximum atomic E-state index is 12.9. The summed E-state index contributed by atoms with van der Waals surface area (Å²) in [5, 5.41) is 0. The van der Waals surface area contributed by atoms with Gasteiger partial charge in [-0.2, -0.15) is 0 Å². The van der Waals surface area contributed by atoms with Crippen LogP contribution >= 0.6 is 0 Å². The number of piperazine rings is 1. The minimum atomic E-state index is -0.158. The molecule has 0 bridgehead atoms. The van der Waals surface area contributed by atoms with Gasteiger partial charge in [-0.1, -0.05) is 44.2 Å². The quantitative estimate of drug-likeness (QED) is 0.620. The fraction of sp³-hybridized carbons (Fsp3) is 0.500. The Morgan fingerprint density at radius 1 is 1.03 bits per heavy atom. The van der Waals surface area contributed by atoms with E-state index in [2.05, 4.69) is 53.0 Å². The number of hydrogen-bond donors (Lipinski definition) is 0. The van der Waals surface area contributed by atoms with E-state index in [-0.39, 0.29) is 11.8 Å². The monoisotopic (exact) mass is 423 g/mol. The summed E-state index contributed by atoms with van der Waals surface area (Å²) in [6, 6.07) is 10.4. The Labute approximate surface area is 185 Å². The van der Waals surface area contributed by atoms with Gasteiger partial charge in [0, 0.05) is 64.6 Å². The Morgan fingerprint density at radius 3 is 2.42 bits per heavy atom. The van der Waals surface area contributed by atoms with Crippen molar-refractivity contribution in [3.63, 3.8) is 0 Å². The first-order chi connectivity index (χ1) is 15.0. The topological polar surface area (TPSA) is 69.6 Å². The van der Waals surface area contributed by atoms with E-state index in [0.717, 1.165) is 39.1 Å². The molecular weight excluding hydrogens is 390 g/mol. The van der Waals surface area contributed by atoms with Gasteiger partial charge < -0.3 is 9.80 Å². The van der Waals surface area contributed by atoms with E-state index in [1.165, 1.54) is 18.0 Å². The summed E-state index contributed by atoms with van der Waals surface area (Å²) < 4.78 is 0. The molecule has 7 heteroatoms. The molecule has 0 N–H and O–H groups in total. The Kier molecular flexibility index (Phi) is 8.53. The first-order valence-corrected chi connectivity index (χ1v) is 11.1. The van der Waals surface area contributed by atoms with Gasteiger partial charge >= 0.3 is 0 Å². The lowest BCUT2D eigenvalue weighted by Crippen LogP contribution is -2.49. The Morgan fingerprint density at radius 2 is 1.77 bits per heavy atom. The van der Waals surface area contributed by atoms with Crippen molar-refractivity contribution in [1.82, 2.24) is 24.7 Å². The van der Waals surface area contributed by atoms with Crippen molar-refractivity contribution in [2.75, 3.05) is 39.3 Å². The summed E-state index contributed by atoms with van der Waals surface area (Å²) in [5.74, 6) is 0.431. The van der Waals surface area contributed by atoms with Crippen molar-refractivity contribution < 1.29 is 9.59 Å². The molecule has 0 unspecified atom stereocenters. The van der Waals surface area contributed by atoms with Crippen LogP contribution in [0.2, 0.25) is 0 Å². The molecule has 166 valence electrons. The summed E-state index contributed by atoms with van der Waals surface area (Å²) in [6.45, 7) is 9.41. The molecule has 1 saturated heterocycles. The molecule has 2 aromatic rings. The molecule has 1 aliphatic rings. The zero-order valence-corrected chi connectivity index (χ0v) is 18.6. The Balaban J connectivity index is 1.49. The fourth-order valence-corrected chi connectivity index (χ4v) is 3.69. The van der Waals surface area contributed by atoms with Crippen LogP contribution in [0.3, 0.4) is 0 Å². The second kappa shape index (κ2) is 11.6. The van der Waals surface area contributed by atoms with E-state index in [4.69, 9.17) is 0 Å². The zero-order chi connectivity index (χ0) is 22.1. The van der Waals surface area contributed by atoms with E-state index in [1.807, 2.05) is 11.0 Å². The molecule has 0 spiro atoms. The van der Waals surface area contributed by atoms with E-state index < -0.39 is 0 Å². The number of benzene rings is 1. The average molecular weight is 424 g/mol. The third-order valence-corrected chi connectivity index (χ3v) is 5.62. The number of hydrogen-bond acceptors (Lipinski definition) is 5. The van der Waals surface area contributed by atoms with E-state index >= 15 is 0 Å². The van der Waals surface area contributed by atoms with Crippen LogP contribution in [-0.4, -0.2) is 75.8 Å². The van der Waals surface area contributed by atoms with Crippen molar-refractivity contribution in [3.8, 4) is 0 Å². The van der Waals surface area contributed by atoms with E-state index in [1.54, 1.807) is 11.1 Å². The van der Waals surface area contributed by atoms with Gasteiger partial charge in [0.2, 0.25) is 5.91 Å². The molecule has 0 saturated carbocycles. The first kappa shape index (κ1) is 22.9. The van der Waals surface area contributed by atoms with Crippen LogP contribution < -0.4 is 0 Å². The summed E-state index contributed by atoms with van der Waals surface area (Å²) in [4.78, 5) is 39.8. The normalized spacial score (nSPS) is 14.6. The highest BCUT2D eigenvalue weighted by Gasteiger charge is 2.23. The molecule has 0 atom stereocenters. The van der Waals surface area contributed by atoms with Crippen LogP contribution in [-0.2, 0) is 11.3 Å². The van der Waals surface area contributed by atoms with Gasteiger partial charge in [-0.15, -0.1) is 0 Å². The summed E-state index contributed by atoms with van der Waals surface area (Å²) in [5.41, 5.74) is 1.62. The summed E-state index contributed by atoms with van der Waals surface area (Å²) in [6.07, 6.45) is 5.78. The molecule has 2 heterocycles. The molecule has 1 fully saturated rings. The molecule has 0 radical (unpaired) electrons. The minimum Gasteiger partial charge on any atom is -0.340 e. The fourth-order valence-electron chi connectivity index (χ4n) is 3.69. The number of carbonyl (C=O) groups is 2. The van der Waals surface area contributed by atoms with Crippen LogP contribution in [0.25, 0.3) is 0 Å². The highest BCUT2D eigenvalue weighted by atomic mass is 16.2. The highest BCUT2D eigenvalue weighted by Crippen LogP contribution is 2.11. The number of aromatic nitrogens is 2. The van der Waals surface area contributed by atoms with Crippen molar-refractivity contribution in [2.45, 2.75) is 33.2 Å². The standard InChI is InChI=1S/C24H33N5O2/c1-20(2)8-12-29(24(31)22-18-25-10-11-26-22)13-9-23(30)28-16-14-27(15-17-28)19-21-6-4-3-5-7-21/h3-7,10-11,18,20H,8-9,12-17,19H2,1-2H3. The number of amides is 2. The molecular formula is C24H33N5O2. The van der Waals surface area contributed by atoms with Crippen LogP contribution in [0.1, 0.15) is 42.7 Å². The van der Waals surface area contributed by atoms with Crippen LogP contribution in [0.15, 0.2) is 48.9 Å². The largest absolute Gasteiger partial charge is 0.340 e. The third-order valence-electron chi connectivity index (χ3n) is 5.62. The van der Waals surface area contributed by atoms with Crippen LogP contribution in [0.5, 0.6) is 0 Å². The van der Waals surface area contributed by atoms with Crippen molar-refractivity contribution >= 4 is 11.8 Å². The lowest BCUT2D eigenvalue weighted by molar-refractivity contribution is -0.133. The van der Waals surface area contributed by atoms with E-state index in [9.17, 15) is 9.59 Å². The Bertz CT molecular complexity index is 820. The van der Waals surface area contributed by atoms with Gasteiger partial charge in [-0.05, 0) is 17.9 Å². The summed E-state index contributed by atoms with van der Waals surface area (Å²) >= 11 is 0. The van der Waals surface area contributed by atoms with Gasteiger partial charge in [-0.25, -0.2) is 4.98 Å².